The van der Waals surface area contributed by atoms with Crippen LogP contribution in [0.4, 0.5) is 0 Å². The minimum atomic E-state index is -1.76. The first-order valence-electron chi connectivity index (χ1n) is 13.1. The van der Waals surface area contributed by atoms with Gasteiger partial charge in [-0.2, -0.15) is 0 Å². The predicted molar refractivity (Wildman–Crippen MR) is 139 cm³/mol. The van der Waals surface area contributed by atoms with Crippen LogP contribution >= 0.6 is 12.4 Å². The van der Waals surface area contributed by atoms with E-state index >= 15 is 0 Å². The Kier molecular flexibility index (Phi) is 13.9. The molecule has 3 rings (SSSR count). The zero-order chi connectivity index (χ0) is 29.9. The zero-order valence-corrected chi connectivity index (χ0v) is 22.9. The van der Waals surface area contributed by atoms with Crippen LogP contribution in [0.2, 0.25) is 0 Å². The van der Waals surface area contributed by atoms with Gasteiger partial charge in [0.25, 0.3) is 0 Å². The van der Waals surface area contributed by atoms with Crippen LogP contribution in [0.15, 0.2) is 0 Å². The molecule has 0 spiro atoms. The van der Waals surface area contributed by atoms with E-state index in [1.165, 1.54) is 0 Å². The number of carbonyl (C=O) groups excluding carboxylic acids is 1. The van der Waals surface area contributed by atoms with Crippen LogP contribution in [0.5, 0.6) is 0 Å². The first kappa shape index (κ1) is 36.3. The van der Waals surface area contributed by atoms with Crippen molar-refractivity contribution in [2.45, 2.75) is 111 Å². The first-order valence-corrected chi connectivity index (χ1v) is 13.1. The van der Waals surface area contributed by atoms with Crippen LogP contribution in [0, 0.1) is 0 Å². The van der Waals surface area contributed by atoms with Gasteiger partial charge in [-0.05, 0) is 19.4 Å². The summed E-state index contributed by atoms with van der Waals surface area (Å²) in [6, 6.07) is -3.45. The maximum Gasteiger partial charge on any atom is 0.249 e. The van der Waals surface area contributed by atoms with Gasteiger partial charge >= 0.3 is 0 Å². The number of rotatable bonds is 10. The van der Waals surface area contributed by atoms with E-state index in [9.17, 15) is 45.6 Å². The van der Waals surface area contributed by atoms with Crippen LogP contribution in [0.3, 0.4) is 0 Å². The van der Waals surface area contributed by atoms with Gasteiger partial charge in [-0.3, -0.25) is 4.79 Å². The summed E-state index contributed by atoms with van der Waals surface area (Å²) >= 11 is 0. The highest BCUT2D eigenvalue weighted by Crippen LogP contribution is 2.32. The Bertz CT molecular complexity index is 822. The number of hydrogen-bond donors (Lipinski definition) is 13. The summed E-state index contributed by atoms with van der Waals surface area (Å²) in [5.41, 5.74) is 23.1. The van der Waals surface area contributed by atoms with Gasteiger partial charge in [-0.25, -0.2) is 0 Å². The molecule has 17 N–H and O–H groups in total. The third kappa shape index (κ3) is 7.99. The molecule has 0 bridgehead atoms. The van der Waals surface area contributed by atoms with Gasteiger partial charge in [-0.15, -0.1) is 12.4 Å². The summed E-state index contributed by atoms with van der Waals surface area (Å²) in [6.07, 6.45) is -19.8. The predicted octanol–water partition coefficient (Wildman–Crippen LogP) is -8.00. The van der Waals surface area contributed by atoms with Gasteiger partial charge < -0.3 is 88.1 Å². The lowest BCUT2D eigenvalue weighted by molar-refractivity contribution is -0.332. The van der Waals surface area contributed by atoms with Crippen molar-refractivity contribution in [1.29, 1.82) is 0 Å². The molecule has 0 unspecified atom stereocenters. The van der Waals surface area contributed by atoms with Crippen molar-refractivity contribution in [3.63, 3.8) is 0 Å². The van der Waals surface area contributed by atoms with Gasteiger partial charge in [-0.1, -0.05) is 0 Å². The van der Waals surface area contributed by atoms with Crippen molar-refractivity contribution < 1.29 is 64.6 Å². The van der Waals surface area contributed by atoms with E-state index in [1.54, 1.807) is 0 Å². The van der Waals surface area contributed by atoms with Crippen molar-refractivity contribution >= 4 is 18.3 Å². The molecule has 3 fully saturated rings. The molecule has 242 valence electrons. The Morgan fingerprint density at radius 1 is 0.854 bits per heavy atom. The lowest BCUT2D eigenvalue weighted by atomic mass is 9.83. The van der Waals surface area contributed by atoms with Crippen LogP contribution in [0.1, 0.15) is 12.8 Å². The van der Waals surface area contributed by atoms with Gasteiger partial charge in [0.15, 0.2) is 12.6 Å². The lowest BCUT2D eigenvalue weighted by Crippen LogP contribution is -2.69. The first-order chi connectivity index (χ1) is 18.9. The highest BCUT2D eigenvalue weighted by atomic mass is 35.5. The Hall–Kier alpha value is -0.880. The fraction of sp³-hybridized carbons (Fsp3) is 0.955. The Balaban J connectivity index is 0.00000588. The van der Waals surface area contributed by atoms with Gasteiger partial charge in [0.2, 0.25) is 5.91 Å². The summed E-state index contributed by atoms with van der Waals surface area (Å²) < 4.78 is 22.5. The lowest BCUT2D eigenvalue weighted by Gasteiger charge is -2.49. The molecular formula is C22H44ClN5O13. The number of hydrogen-bond acceptors (Lipinski definition) is 17. The topological polar surface area (TPSA) is 332 Å². The maximum absolute atomic E-state index is 12.6. The van der Waals surface area contributed by atoms with E-state index in [4.69, 9.17) is 41.9 Å². The van der Waals surface area contributed by atoms with E-state index in [1.807, 2.05) is 0 Å². The highest BCUT2D eigenvalue weighted by Gasteiger charge is 2.52. The van der Waals surface area contributed by atoms with Crippen LogP contribution < -0.4 is 28.3 Å². The SMILES string of the molecule is Cl.NCC[C@H](O)C(=O)N[C@@H]1C[C@H](N)[C@@H](O[C@H]2O[C@H](CN)[C@@H](O)[C@H](O)[C@H]2O)[C@H](O)[C@H]1O[C@H]1O[C@H](CO)[C@@H](O)[C@H](N)[C@H]1O. The molecule has 0 aromatic heterocycles. The third-order valence-electron chi connectivity index (χ3n) is 7.51. The van der Waals surface area contributed by atoms with Crippen molar-refractivity contribution in [2.24, 2.45) is 22.9 Å². The number of nitrogens with one attached hydrogen (secondary N) is 1. The Morgan fingerprint density at radius 3 is 2.02 bits per heavy atom. The molecule has 1 aliphatic carbocycles. The van der Waals surface area contributed by atoms with E-state index < -0.39 is 110 Å². The normalized spacial score (nSPS) is 45.9. The van der Waals surface area contributed by atoms with Crippen molar-refractivity contribution in [3.8, 4) is 0 Å². The number of aliphatic hydroxyl groups excluding tert-OH is 8. The molecule has 41 heavy (non-hydrogen) atoms. The summed E-state index contributed by atoms with van der Waals surface area (Å²) in [5, 5.41) is 84.9. The Morgan fingerprint density at radius 2 is 1.44 bits per heavy atom. The van der Waals surface area contributed by atoms with Gasteiger partial charge in [0, 0.05) is 12.6 Å². The van der Waals surface area contributed by atoms with Crippen molar-refractivity contribution in [2.75, 3.05) is 19.7 Å². The van der Waals surface area contributed by atoms with Gasteiger partial charge in [0.05, 0.1) is 18.7 Å². The molecule has 18 nitrogen and oxygen atoms in total. The summed E-state index contributed by atoms with van der Waals surface area (Å²) in [7, 11) is 0. The summed E-state index contributed by atoms with van der Waals surface area (Å²) in [6.45, 7) is -0.898. The molecule has 19 heteroatoms. The van der Waals surface area contributed by atoms with Crippen LogP contribution in [-0.2, 0) is 23.7 Å². The quantitative estimate of drug-likeness (QED) is 0.108. The summed E-state index contributed by atoms with van der Waals surface area (Å²) in [5.74, 6) is -0.845. The molecule has 16 atom stereocenters. The maximum atomic E-state index is 12.6. The second kappa shape index (κ2) is 15.7. The number of halogens is 1. The monoisotopic (exact) mass is 621 g/mol. The highest BCUT2D eigenvalue weighted by molar-refractivity contribution is 5.85. The third-order valence-corrected chi connectivity index (χ3v) is 7.51. The van der Waals surface area contributed by atoms with E-state index in [2.05, 4.69) is 5.32 Å². The fourth-order valence-electron chi connectivity index (χ4n) is 5.07. The molecule has 3 aliphatic rings. The molecule has 2 heterocycles. The molecule has 2 saturated heterocycles. The molecular weight excluding hydrogens is 578 g/mol. The molecule has 0 radical (unpaired) electrons. The standard InChI is InChI=1S/C22H43N5O13.ClH/c23-2-1-8(29)20(36)27-7-3-6(25)18(39-22-16(34)15(33)13(31)9(4-24)37-22)17(35)19(7)40-21-14(32)11(26)12(30)10(5-28)38-21;/h6-19,21-22,28-35H,1-5,23-26H2,(H,27,36);1H/t6-,7+,8-,9+,10+,11-,12+,13+,14+,15-,16+,17-,18+,19-,21+,22+;/m0./s1. The smallest absolute Gasteiger partial charge is 0.249 e. The number of ether oxygens (including phenoxy) is 4. The van der Waals surface area contributed by atoms with Crippen molar-refractivity contribution in [1.82, 2.24) is 5.32 Å². The van der Waals surface area contributed by atoms with Crippen molar-refractivity contribution in [3.05, 3.63) is 0 Å². The second-order valence-corrected chi connectivity index (χ2v) is 10.3. The number of amides is 1. The molecule has 1 amide bonds. The van der Waals surface area contributed by atoms with E-state index in [0.29, 0.717) is 0 Å². The number of nitrogens with two attached hydrogens (primary N) is 4. The second-order valence-electron chi connectivity index (χ2n) is 10.3. The zero-order valence-electron chi connectivity index (χ0n) is 22.1. The largest absolute Gasteiger partial charge is 0.394 e. The fourth-order valence-corrected chi connectivity index (χ4v) is 5.07. The van der Waals surface area contributed by atoms with E-state index in [0.717, 1.165) is 0 Å². The Labute approximate surface area is 241 Å². The molecule has 2 aliphatic heterocycles. The summed E-state index contributed by atoms with van der Waals surface area (Å²) in [4.78, 5) is 12.6. The average molecular weight is 622 g/mol. The molecule has 0 aromatic rings. The molecule has 1 saturated carbocycles. The van der Waals surface area contributed by atoms with Gasteiger partial charge in [0.1, 0.15) is 67.1 Å². The minimum absolute atomic E-state index is 0. The average Bonchev–Trinajstić information content (AvgIpc) is 2.92. The molecule has 0 aromatic carbocycles. The van der Waals surface area contributed by atoms with Crippen LogP contribution in [-0.4, -0.2) is 164 Å². The number of aliphatic hydroxyl groups is 8. The minimum Gasteiger partial charge on any atom is -0.394 e. The van der Waals surface area contributed by atoms with E-state index in [-0.39, 0.29) is 38.3 Å². The van der Waals surface area contributed by atoms with Crippen LogP contribution in [0.25, 0.3) is 0 Å². The number of carbonyl (C=O) groups is 1.